The van der Waals surface area contributed by atoms with E-state index in [0.29, 0.717) is 18.8 Å². The van der Waals surface area contributed by atoms with Gasteiger partial charge in [0.25, 0.3) is 0 Å². The number of nitrogens with one attached hydrogen (secondary N) is 2. The number of carbonyl (C=O) groups excluding carboxylic acids is 1. The van der Waals surface area contributed by atoms with Crippen LogP contribution in [-0.4, -0.2) is 48.1 Å². The zero-order valence-corrected chi connectivity index (χ0v) is 13.2. The molecule has 1 saturated heterocycles. The highest BCUT2D eigenvalue weighted by atomic mass is 32.2. The molecule has 3 unspecified atom stereocenters. The van der Waals surface area contributed by atoms with Gasteiger partial charge in [-0.15, -0.1) is 0 Å². The molecular weight excluding hydrogens is 276 g/mol. The van der Waals surface area contributed by atoms with Crippen molar-refractivity contribution in [2.45, 2.75) is 38.6 Å². The van der Waals surface area contributed by atoms with E-state index >= 15 is 0 Å². The van der Waals surface area contributed by atoms with Gasteiger partial charge >= 0.3 is 5.97 Å². The first-order valence-electron chi connectivity index (χ1n) is 7.26. The van der Waals surface area contributed by atoms with Gasteiger partial charge in [-0.25, -0.2) is 4.79 Å². The highest BCUT2D eigenvalue weighted by Crippen LogP contribution is 2.22. The van der Waals surface area contributed by atoms with Crippen LogP contribution in [0.25, 0.3) is 0 Å². The second-order valence-electron chi connectivity index (χ2n) is 5.53. The Morgan fingerprint density at radius 1 is 1.50 bits per heavy atom. The number of amides is 1. The van der Waals surface area contributed by atoms with Crippen LogP contribution in [0.5, 0.6) is 0 Å². The molecule has 0 bridgehead atoms. The van der Waals surface area contributed by atoms with Crippen molar-refractivity contribution in [3.8, 4) is 0 Å². The van der Waals surface area contributed by atoms with Crippen LogP contribution >= 0.6 is 11.8 Å². The lowest BCUT2D eigenvalue weighted by molar-refractivity contribution is -0.142. The lowest BCUT2D eigenvalue weighted by Gasteiger charge is -2.28. The van der Waals surface area contributed by atoms with Gasteiger partial charge in [-0.05, 0) is 56.2 Å². The van der Waals surface area contributed by atoms with Crippen LogP contribution in [0.1, 0.15) is 32.6 Å². The van der Waals surface area contributed by atoms with E-state index < -0.39 is 12.0 Å². The zero-order valence-electron chi connectivity index (χ0n) is 12.4. The Labute approximate surface area is 125 Å². The molecule has 1 fully saturated rings. The fraction of sp³-hybridized carbons (Fsp3) is 0.857. The SMILES string of the molecule is CSCCC(NC(=O)CC(C)C1CCCNC1)C(=O)O. The van der Waals surface area contributed by atoms with Crippen LogP contribution < -0.4 is 10.6 Å². The molecule has 3 N–H and O–H groups in total. The van der Waals surface area contributed by atoms with E-state index in [4.69, 9.17) is 5.11 Å². The third-order valence-electron chi connectivity index (χ3n) is 3.89. The van der Waals surface area contributed by atoms with Crippen molar-refractivity contribution in [2.75, 3.05) is 25.1 Å². The molecule has 0 spiro atoms. The lowest BCUT2D eigenvalue weighted by Crippen LogP contribution is -2.42. The molecule has 1 aliphatic heterocycles. The Bertz CT molecular complexity index is 320. The molecule has 3 atom stereocenters. The number of carboxylic acid groups (broad SMARTS) is 1. The molecule has 0 aliphatic carbocycles. The van der Waals surface area contributed by atoms with Crippen molar-refractivity contribution in [1.82, 2.24) is 10.6 Å². The number of piperidine rings is 1. The first-order chi connectivity index (χ1) is 9.54. The van der Waals surface area contributed by atoms with Gasteiger partial charge < -0.3 is 15.7 Å². The Morgan fingerprint density at radius 3 is 2.80 bits per heavy atom. The normalized spacial score (nSPS) is 22.0. The Morgan fingerprint density at radius 2 is 2.25 bits per heavy atom. The molecule has 0 aromatic carbocycles. The Kier molecular flexibility index (Phi) is 7.99. The van der Waals surface area contributed by atoms with E-state index in [1.807, 2.05) is 6.26 Å². The Hall–Kier alpha value is -0.750. The van der Waals surface area contributed by atoms with Gasteiger partial charge in [0.15, 0.2) is 0 Å². The van der Waals surface area contributed by atoms with E-state index in [-0.39, 0.29) is 11.8 Å². The third-order valence-corrected chi connectivity index (χ3v) is 4.54. The van der Waals surface area contributed by atoms with Crippen molar-refractivity contribution in [2.24, 2.45) is 11.8 Å². The number of aliphatic carboxylic acids is 1. The fourth-order valence-electron chi connectivity index (χ4n) is 2.57. The van der Waals surface area contributed by atoms with E-state index in [2.05, 4.69) is 17.6 Å². The molecule has 1 rings (SSSR count). The minimum absolute atomic E-state index is 0.142. The summed E-state index contributed by atoms with van der Waals surface area (Å²) in [5, 5.41) is 15.1. The first kappa shape index (κ1) is 17.3. The highest BCUT2D eigenvalue weighted by molar-refractivity contribution is 7.98. The maximum Gasteiger partial charge on any atom is 0.326 e. The van der Waals surface area contributed by atoms with Crippen LogP contribution in [0.2, 0.25) is 0 Å². The Balaban J connectivity index is 2.37. The van der Waals surface area contributed by atoms with Crippen molar-refractivity contribution < 1.29 is 14.7 Å². The van der Waals surface area contributed by atoms with Gasteiger partial charge in [-0.1, -0.05) is 6.92 Å². The molecule has 20 heavy (non-hydrogen) atoms. The van der Waals surface area contributed by atoms with Crippen LogP contribution in [0.15, 0.2) is 0 Å². The monoisotopic (exact) mass is 302 g/mol. The summed E-state index contributed by atoms with van der Waals surface area (Å²) < 4.78 is 0. The van der Waals surface area contributed by atoms with Gasteiger partial charge in [0, 0.05) is 6.42 Å². The number of carbonyl (C=O) groups is 2. The molecular formula is C14H26N2O3S. The van der Waals surface area contributed by atoms with E-state index in [1.54, 1.807) is 11.8 Å². The summed E-state index contributed by atoms with van der Waals surface area (Å²) in [4.78, 5) is 23.1. The van der Waals surface area contributed by atoms with E-state index in [0.717, 1.165) is 31.7 Å². The van der Waals surface area contributed by atoms with Crippen LogP contribution in [0, 0.1) is 11.8 Å². The summed E-state index contributed by atoms with van der Waals surface area (Å²) >= 11 is 1.59. The quantitative estimate of drug-likeness (QED) is 0.630. The predicted octanol–water partition coefficient (Wildman–Crippen LogP) is 1.33. The van der Waals surface area contributed by atoms with Gasteiger partial charge in [-0.2, -0.15) is 11.8 Å². The van der Waals surface area contributed by atoms with Gasteiger partial charge in [0.1, 0.15) is 6.04 Å². The standard InChI is InChI=1S/C14H26N2O3S/c1-10(11-4-3-6-15-9-11)8-13(17)16-12(14(18)19)5-7-20-2/h10-12,15H,3-9H2,1-2H3,(H,16,17)(H,18,19). The van der Waals surface area contributed by atoms with Gasteiger partial charge in [0.05, 0.1) is 0 Å². The second kappa shape index (κ2) is 9.23. The van der Waals surface area contributed by atoms with Crippen molar-refractivity contribution in [3.05, 3.63) is 0 Å². The molecule has 0 aromatic rings. The van der Waals surface area contributed by atoms with Crippen LogP contribution in [-0.2, 0) is 9.59 Å². The molecule has 5 nitrogen and oxygen atoms in total. The van der Waals surface area contributed by atoms with E-state index in [1.165, 1.54) is 0 Å². The smallest absolute Gasteiger partial charge is 0.326 e. The summed E-state index contributed by atoms with van der Waals surface area (Å²) in [6.45, 7) is 4.10. The fourth-order valence-corrected chi connectivity index (χ4v) is 3.04. The largest absolute Gasteiger partial charge is 0.480 e. The topological polar surface area (TPSA) is 78.4 Å². The third kappa shape index (κ3) is 6.13. The molecule has 0 saturated carbocycles. The molecule has 116 valence electrons. The molecule has 1 heterocycles. The summed E-state index contributed by atoms with van der Waals surface area (Å²) in [6, 6.07) is -0.758. The van der Waals surface area contributed by atoms with Crippen LogP contribution in [0.3, 0.4) is 0 Å². The highest BCUT2D eigenvalue weighted by Gasteiger charge is 2.24. The zero-order chi connectivity index (χ0) is 15.0. The van der Waals surface area contributed by atoms with Crippen molar-refractivity contribution in [1.29, 1.82) is 0 Å². The first-order valence-corrected chi connectivity index (χ1v) is 8.65. The minimum Gasteiger partial charge on any atom is -0.480 e. The number of rotatable bonds is 8. The second-order valence-corrected chi connectivity index (χ2v) is 6.51. The molecule has 0 aromatic heterocycles. The molecule has 1 aliphatic rings. The maximum atomic E-state index is 12.0. The van der Waals surface area contributed by atoms with Gasteiger partial charge in [0.2, 0.25) is 5.91 Å². The van der Waals surface area contributed by atoms with E-state index in [9.17, 15) is 9.59 Å². The number of carboxylic acids is 1. The van der Waals surface area contributed by atoms with Crippen molar-refractivity contribution >= 4 is 23.6 Å². The maximum absolute atomic E-state index is 12.0. The average Bonchev–Trinajstić information content (AvgIpc) is 2.44. The molecule has 1 amide bonds. The predicted molar refractivity (Wildman–Crippen MR) is 81.9 cm³/mol. The summed E-state index contributed by atoms with van der Waals surface area (Å²) in [5.74, 6) is 0.456. The minimum atomic E-state index is -0.945. The molecule has 6 heteroatoms. The van der Waals surface area contributed by atoms with Crippen LogP contribution in [0.4, 0.5) is 0 Å². The summed E-state index contributed by atoms with van der Waals surface area (Å²) in [7, 11) is 0. The average molecular weight is 302 g/mol. The van der Waals surface area contributed by atoms with Gasteiger partial charge in [-0.3, -0.25) is 4.79 Å². The summed E-state index contributed by atoms with van der Waals surface area (Å²) in [6.07, 6.45) is 5.12. The van der Waals surface area contributed by atoms with Crippen molar-refractivity contribution in [3.63, 3.8) is 0 Å². The number of hydrogen-bond acceptors (Lipinski definition) is 4. The number of hydrogen-bond donors (Lipinski definition) is 3. The lowest BCUT2D eigenvalue weighted by atomic mass is 9.85. The molecule has 0 radical (unpaired) electrons. The number of thioether (sulfide) groups is 1. The summed E-state index contributed by atoms with van der Waals surface area (Å²) in [5.41, 5.74) is 0.